The van der Waals surface area contributed by atoms with Crippen molar-refractivity contribution >= 4 is 51.8 Å². The van der Waals surface area contributed by atoms with Gasteiger partial charge < -0.3 is 5.32 Å². The van der Waals surface area contributed by atoms with E-state index in [9.17, 15) is 9.59 Å². The molecule has 0 fully saturated rings. The lowest BCUT2D eigenvalue weighted by Gasteiger charge is -2.15. The molecule has 0 unspecified atom stereocenters. The van der Waals surface area contributed by atoms with Gasteiger partial charge in [0.25, 0.3) is 0 Å². The summed E-state index contributed by atoms with van der Waals surface area (Å²) in [6.45, 7) is 7.83. The third-order valence-electron chi connectivity index (χ3n) is 4.44. The molecule has 1 heterocycles. The molecule has 6 nitrogen and oxygen atoms in total. The van der Waals surface area contributed by atoms with E-state index >= 15 is 0 Å². The second-order valence-electron chi connectivity index (χ2n) is 7.13. The number of thioether (sulfide) groups is 1. The van der Waals surface area contributed by atoms with Gasteiger partial charge in [0, 0.05) is 11.8 Å². The summed E-state index contributed by atoms with van der Waals surface area (Å²) >= 11 is 2.55. The molecular formula is C23H24N4O2S2. The number of carbonyl (C=O) groups excluding carboxylic acids is 2. The molecule has 2 N–H and O–H groups in total. The molecule has 0 bridgehead atoms. The fourth-order valence-corrected chi connectivity index (χ4v) is 4.90. The molecule has 2 amide bonds. The van der Waals surface area contributed by atoms with E-state index in [1.54, 1.807) is 6.08 Å². The van der Waals surface area contributed by atoms with Crippen molar-refractivity contribution < 1.29 is 9.59 Å². The topological polar surface area (TPSA) is 84.0 Å². The molecule has 3 aromatic rings. The lowest BCUT2D eigenvalue weighted by Crippen LogP contribution is -2.23. The summed E-state index contributed by atoms with van der Waals surface area (Å²) in [6.07, 6.45) is 3.18. The van der Waals surface area contributed by atoms with Gasteiger partial charge in [-0.3, -0.25) is 14.9 Å². The van der Waals surface area contributed by atoms with Gasteiger partial charge in [0.05, 0.1) is 5.25 Å². The van der Waals surface area contributed by atoms with Crippen molar-refractivity contribution in [2.75, 3.05) is 10.6 Å². The van der Waals surface area contributed by atoms with Gasteiger partial charge >= 0.3 is 0 Å². The summed E-state index contributed by atoms with van der Waals surface area (Å²) < 4.78 is 0.613. The minimum atomic E-state index is -0.366. The lowest BCUT2D eigenvalue weighted by atomic mass is 10.1. The van der Waals surface area contributed by atoms with Gasteiger partial charge in [-0.05, 0) is 50.5 Å². The Labute approximate surface area is 190 Å². The summed E-state index contributed by atoms with van der Waals surface area (Å²) in [6, 6.07) is 13.7. The Kier molecular flexibility index (Phi) is 7.59. The number of aryl methyl sites for hydroxylation is 3. The molecule has 0 aliphatic rings. The molecule has 1 atom stereocenters. The second-order valence-corrected chi connectivity index (χ2v) is 9.69. The molecule has 8 heteroatoms. The van der Waals surface area contributed by atoms with Gasteiger partial charge in [-0.2, -0.15) is 0 Å². The van der Waals surface area contributed by atoms with Gasteiger partial charge in [-0.15, -0.1) is 10.2 Å². The van der Waals surface area contributed by atoms with Crippen LogP contribution in [0.5, 0.6) is 0 Å². The monoisotopic (exact) mass is 452 g/mol. The van der Waals surface area contributed by atoms with Gasteiger partial charge in [-0.1, -0.05) is 71.1 Å². The van der Waals surface area contributed by atoms with E-state index < -0.39 is 0 Å². The van der Waals surface area contributed by atoms with Crippen LogP contribution >= 0.6 is 23.1 Å². The molecule has 1 aromatic heterocycles. The van der Waals surface area contributed by atoms with Crippen LogP contribution in [-0.4, -0.2) is 27.3 Å². The number of nitrogens with one attached hydrogen (secondary N) is 2. The Morgan fingerprint density at radius 3 is 2.39 bits per heavy atom. The second kappa shape index (κ2) is 10.4. The van der Waals surface area contributed by atoms with Crippen molar-refractivity contribution in [1.29, 1.82) is 0 Å². The predicted molar refractivity (Wildman–Crippen MR) is 129 cm³/mol. The van der Waals surface area contributed by atoms with E-state index in [1.165, 1.54) is 29.2 Å². The first-order chi connectivity index (χ1) is 14.8. The first kappa shape index (κ1) is 22.7. The molecule has 0 saturated carbocycles. The molecule has 3 rings (SSSR count). The Bertz CT molecular complexity index is 1090. The van der Waals surface area contributed by atoms with Crippen molar-refractivity contribution in [2.24, 2.45) is 0 Å². The number of aromatic nitrogens is 2. The number of hydrogen-bond donors (Lipinski definition) is 2. The van der Waals surface area contributed by atoms with Gasteiger partial charge in [0.2, 0.25) is 16.9 Å². The molecule has 0 aliphatic heterocycles. The highest BCUT2D eigenvalue weighted by Crippen LogP contribution is 2.30. The maximum atomic E-state index is 12.7. The highest BCUT2D eigenvalue weighted by atomic mass is 32.2. The summed E-state index contributed by atoms with van der Waals surface area (Å²) in [5.74, 6) is -0.390. The third-order valence-corrected chi connectivity index (χ3v) is 6.46. The largest absolute Gasteiger partial charge is 0.325 e. The molecular weight excluding hydrogens is 428 g/mol. The van der Waals surface area contributed by atoms with Crippen molar-refractivity contribution in [1.82, 2.24) is 10.2 Å². The maximum absolute atomic E-state index is 12.7. The molecule has 2 aromatic carbocycles. The molecule has 0 aliphatic carbocycles. The zero-order chi connectivity index (χ0) is 22.4. The maximum Gasteiger partial charge on any atom is 0.250 e. The summed E-state index contributed by atoms with van der Waals surface area (Å²) in [4.78, 5) is 24.7. The van der Waals surface area contributed by atoms with Crippen LogP contribution in [0.3, 0.4) is 0 Å². The van der Waals surface area contributed by atoms with Gasteiger partial charge in [0.15, 0.2) is 4.34 Å². The highest BCUT2D eigenvalue weighted by molar-refractivity contribution is 8.02. The van der Waals surface area contributed by atoms with Gasteiger partial charge in [-0.25, -0.2) is 0 Å². The van der Waals surface area contributed by atoms with E-state index in [4.69, 9.17) is 0 Å². The average molecular weight is 453 g/mol. The molecule has 31 heavy (non-hydrogen) atoms. The molecule has 0 spiro atoms. The van der Waals surface area contributed by atoms with Crippen LogP contribution < -0.4 is 10.6 Å². The van der Waals surface area contributed by atoms with Crippen LogP contribution in [0, 0.1) is 20.8 Å². The normalized spacial score (nSPS) is 12.0. The summed E-state index contributed by atoms with van der Waals surface area (Å²) in [5.41, 5.74) is 5.01. The first-order valence-corrected chi connectivity index (χ1v) is 11.4. The van der Waals surface area contributed by atoms with Crippen molar-refractivity contribution in [3.05, 3.63) is 70.8 Å². The number of anilines is 2. The Hall–Kier alpha value is -2.97. The quantitative estimate of drug-likeness (QED) is 0.291. The zero-order valence-electron chi connectivity index (χ0n) is 17.8. The molecule has 160 valence electrons. The minimum Gasteiger partial charge on any atom is -0.325 e. The highest BCUT2D eigenvalue weighted by Gasteiger charge is 2.19. The Morgan fingerprint density at radius 1 is 1.03 bits per heavy atom. The first-order valence-electron chi connectivity index (χ1n) is 9.75. The van der Waals surface area contributed by atoms with Crippen molar-refractivity contribution in [3.63, 3.8) is 0 Å². The lowest BCUT2D eigenvalue weighted by molar-refractivity contribution is -0.115. The number of carbonyl (C=O) groups is 2. The van der Waals surface area contributed by atoms with E-state index in [-0.39, 0.29) is 17.1 Å². The number of benzene rings is 2. The van der Waals surface area contributed by atoms with Crippen molar-refractivity contribution in [3.8, 4) is 0 Å². The van der Waals surface area contributed by atoms with E-state index in [1.807, 2.05) is 70.2 Å². The number of rotatable bonds is 7. The molecule has 0 saturated heterocycles. The van der Waals surface area contributed by atoms with Crippen LogP contribution in [0.15, 0.2) is 52.9 Å². The van der Waals surface area contributed by atoms with Crippen LogP contribution in [0.2, 0.25) is 0 Å². The van der Waals surface area contributed by atoms with Crippen LogP contribution in [0.4, 0.5) is 10.8 Å². The number of nitrogens with zero attached hydrogens (tertiary/aromatic N) is 2. The molecule has 0 radical (unpaired) electrons. The smallest absolute Gasteiger partial charge is 0.250 e. The number of amides is 2. The van der Waals surface area contributed by atoms with Crippen LogP contribution in [-0.2, 0) is 9.59 Å². The standard InChI is InChI=1S/C23H24N4O2S2/c1-14-12-15(2)20(16(3)13-14)25-21(29)17(4)30-23-27-26-22(31-23)24-19(28)11-10-18-8-6-5-7-9-18/h5-13,17H,1-4H3,(H,25,29)(H,24,26,28)/b11-10+/t17-/m1/s1. The SMILES string of the molecule is Cc1cc(C)c(NC(=O)[C@@H](C)Sc2nnc(NC(=O)/C=C/c3ccccc3)s2)c(C)c1. The van der Waals surface area contributed by atoms with E-state index in [0.29, 0.717) is 9.47 Å². The summed E-state index contributed by atoms with van der Waals surface area (Å²) in [7, 11) is 0. The zero-order valence-corrected chi connectivity index (χ0v) is 19.4. The van der Waals surface area contributed by atoms with Gasteiger partial charge in [0.1, 0.15) is 0 Å². The fraction of sp³-hybridized carbons (Fsp3) is 0.217. The van der Waals surface area contributed by atoms with E-state index in [0.717, 1.165) is 27.9 Å². The third kappa shape index (κ3) is 6.50. The van der Waals surface area contributed by atoms with Crippen LogP contribution in [0.25, 0.3) is 6.08 Å². The van der Waals surface area contributed by atoms with Crippen molar-refractivity contribution in [2.45, 2.75) is 37.3 Å². The minimum absolute atomic E-state index is 0.105. The number of hydrogen-bond acceptors (Lipinski definition) is 6. The fourth-order valence-electron chi connectivity index (χ4n) is 3.00. The van der Waals surface area contributed by atoms with E-state index in [2.05, 4.69) is 20.8 Å². The summed E-state index contributed by atoms with van der Waals surface area (Å²) in [5, 5.41) is 13.8. The Balaban J connectivity index is 1.56. The predicted octanol–water partition coefficient (Wildman–Crippen LogP) is 5.23. The van der Waals surface area contributed by atoms with Crippen LogP contribution in [0.1, 0.15) is 29.2 Å². The average Bonchev–Trinajstić information content (AvgIpc) is 3.16. The Morgan fingerprint density at radius 2 is 1.71 bits per heavy atom.